The number of aromatic nitrogens is 1. The molecule has 0 saturated carbocycles. The number of ether oxygens (including phenoxy) is 2. The molecular weight excluding hydrogens is 412 g/mol. The van der Waals surface area contributed by atoms with Gasteiger partial charge in [0.15, 0.2) is 0 Å². The molecule has 160 valence electrons. The molecule has 6 nitrogen and oxygen atoms in total. The minimum atomic E-state index is -0.948. The summed E-state index contributed by atoms with van der Waals surface area (Å²) in [5.41, 5.74) is 2.88. The van der Waals surface area contributed by atoms with Gasteiger partial charge in [-0.15, -0.1) is 11.3 Å². The van der Waals surface area contributed by atoms with E-state index in [0.29, 0.717) is 25.4 Å². The van der Waals surface area contributed by atoms with Crippen LogP contribution in [0, 0.1) is 0 Å². The van der Waals surface area contributed by atoms with E-state index in [2.05, 4.69) is 11.4 Å². The average molecular weight is 437 g/mol. The lowest BCUT2D eigenvalue weighted by Crippen LogP contribution is -2.16. The number of carboxylic acid groups (broad SMARTS) is 1. The third-order valence-electron chi connectivity index (χ3n) is 5.26. The zero-order valence-electron chi connectivity index (χ0n) is 17.4. The van der Waals surface area contributed by atoms with E-state index >= 15 is 0 Å². The number of carboxylic acids is 1. The van der Waals surface area contributed by atoms with Crippen molar-refractivity contribution < 1.29 is 19.4 Å². The van der Waals surface area contributed by atoms with Gasteiger partial charge in [-0.3, -0.25) is 0 Å². The molecule has 7 heteroatoms. The second kappa shape index (κ2) is 9.24. The van der Waals surface area contributed by atoms with E-state index in [1.54, 1.807) is 25.6 Å². The molecule has 0 radical (unpaired) electrons. The number of methoxy groups -OCH3 is 2. The van der Waals surface area contributed by atoms with Crippen LogP contribution in [0.4, 0.5) is 0 Å². The van der Waals surface area contributed by atoms with E-state index in [-0.39, 0.29) is 5.69 Å². The van der Waals surface area contributed by atoms with Crippen molar-refractivity contribution in [2.24, 2.45) is 0 Å². The molecule has 0 aliphatic heterocycles. The Morgan fingerprint density at radius 3 is 2.42 bits per heavy atom. The monoisotopic (exact) mass is 436 g/mol. The smallest absolute Gasteiger partial charge is 0.352 e. The number of benzene rings is 2. The first-order valence-corrected chi connectivity index (χ1v) is 10.8. The molecule has 0 aliphatic rings. The van der Waals surface area contributed by atoms with Gasteiger partial charge in [-0.1, -0.05) is 18.2 Å². The minimum absolute atomic E-state index is 0.290. The number of fused-ring (bicyclic) bond motifs is 1. The first-order valence-electron chi connectivity index (χ1n) is 9.89. The average Bonchev–Trinajstić information content (AvgIpc) is 3.40. The van der Waals surface area contributed by atoms with Crippen LogP contribution in [0.3, 0.4) is 0 Å². The summed E-state index contributed by atoms with van der Waals surface area (Å²) in [5, 5.41) is 16.5. The van der Waals surface area contributed by atoms with Crippen LogP contribution in [0.1, 0.15) is 26.5 Å². The fourth-order valence-electron chi connectivity index (χ4n) is 3.75. The number of hydrogen-bond acceptors (Lipinski definition) is 5. The Hall–Kier alpha value is -3.29. The molecule has 31 heavy (non-hydrogen) atoms. The summed E-state index contributed by atoms with van der Waals surface area (Å²) in [5.74, 6) is 0.507. The van der Waals surface area contributed by atoms with Gasteiger partial charge in [0.1, 0.15) is 17.2 Å². The van der Waals surface area contributed by atoms with Gasteiger partial charge in [0.05, 0.1) is 19.7 Å². The highest BCUT2D eigenvalue weighted by atomic mass is 32.1. The second-order valence-corrected chi connectivity index (χ2v) is 8.16. The number of hydrogen-bond donors (Lipinski definition) is 2. The lowest BCUT2D eigenvalue weighted by atomic mass is 10.1. The van der Waals surface area contributed by atoms with Crippen LogP contribution in [0.25, 0.3) is 10.9 Å². The maximum absolute atomic E-state index is 12.4. The zero-order chi connectivity index (χ0) is 21.8. The molecule has 2 N–H and O–H groups in total. The minimum Gasteiger partial charge on any atom is -0.497 e. The highest BCUT2D eigenvalue weighted by molar-refractivity contribution is 7.09. The maximum atomic E-state index is 12.4. The molecule has 0 atom stereocenters. The Morgan fingerprint density at radius 2 is 1.77 bits per heavy atom. The van der Waals surface area contributed by atoms with Crippen LogP contribution in [-0.2, 0) is 19.6 Å². The predicted octanol–water partition coefficient (Wildman–Crippen LogP) is 4.76. The predicted molar refractivity (Wildman–Crippen MR) is 122 cm³/mol. The topological polar surface area (TPSA) is 72.7 Å². The number of carbonyl (C=O) groups is 1. The fourth-order valence-corrected chi connectivity index (χ4v) is 4.43. The first kappa shape index (κ1) is 21.0. The molecule has 2 aromatic carbocycles. The number of aromatic carboxylic acids is 1. The van der Waals surface area contributed by atoms with Gasteiger partial charge in [0, 0.05) is 41.5 Å². The van der Waals surface area contributed by atoms with E-state index in [4.69, 9.17) is 9.47 Å². The third-order valence-corrected chi connectivity index (χ3v) is 6.14. The Labute approximate surface area is 184 Å². The van der Waals surface area contributed by atoms with E-state index in [1.807, 2.05) is 58.5 Å². The van der Waals surface area contributed by atoms with Crippen molar-refractivity contribution >= 4 is 28.2 Å². The largest absolute Gasteiger partial charge is 0.497 e. The summed E-state index contributed by atoms with van der Waals surface area (Å²) in [6.07, 6.45) is 0. The van der Waals surface area contributed by atoms with Crippen molar-refractivity contribution in [2.75, 3.05) is 14.2 Å². The van der Waals surface area contributed by atoms with Crippen LogP contribution in [0.2, 0.25) is 0 Å². The summed E-state index contributed by atoms with van der Waals surface area (Å²) in [6, 6.07) is 17.4. The van der Waals surface area contributed by atoms with Gasteiger partial charge in [0.2, 0.25) is 0 Å². The first-order chi connectivity index (χ1) is 15.1. The van der Waals surface area contributed by atoms with Crippen LogP contribution in [0.15, 0.2) is 60.0 Å². The molecule has 0 unspecified atom stereocenters. The molecule has 2 heterocycles. The summed E-state index contributed by atoms with van der Waals surface area (Å²) >= 11 is 1.68. The Balaban J connectivity index is 1.75. The SMILES string of the molecule is COc1ccc(Cn2c(C(=O)O)c(CNCc3cccs3)c3ccc(OC)cc32)cc1. The van der Waals surface area contributed by atoms with Gasteiger partial charge in [0.25, 0.3) is 0 Å². The van der Waals surface area contributed by atoms with Crippen LogP contribution in [-0.4, -0.2) is 29.9 Å². The molecule has 0 aliphatic carbocycles. The number of nitrogens with zero attached hydrogens (tertiary/aromatic N) is 1. The molecule has 4 aromatic rings. The third kappa shape index (κ3) is 4.42. The summed E-state index contributed by atoms with van der Waals surface area (Å²) in [7, 11) is 3.23. The molecule has 0 amide bonds. The molecule has 0 spiro atoms. The van der Waals surface area contributed by atoms with E-state index in [1.165, 1.54) is 4.88 Å². The van der Waals surface area contributed by atoms with Crippen molar-refractivity contribution in [3.05, 3.63) is 81.7 Å². The highest BCUT2D eigenvalue weighted by Crippen LogP contribution is 2.31. The van der Waals surface area contributed by atoms with Gasteiger partial charge < -0.3 is 24.5 Å². The van der Waals surface area contributed by atoms with Crippen molar-refractivity contribution in [1.82, 2.24) is 9.88 Å². The van der Waals surface area contributed by atoms with Crippen molar-refractivity contribution in [3.63, 3.8) is 0 Å². The summed E-state index contributed by atoms with van der Waals surface area (Å²) in [4.78, 5) is 13.6. The van der Waals surface area contributed by atoms with Gasteiger partial charge in [-0.25, -0.2) is 4.79 Å². The van der Waals surface area contributed by atoms with Crippen molar-refractivity contribution in [2.45, 2.75) is 19.6 Å². The van der Waals surface area contributed by atoms with Gasteiger partial charge in [-0.2, -0.15) is 0 Å². The standard InChI is InChI=1S/C24H24N2O4S/c1-29-17-7-5-16(6-8-17)15-26-22-12-18(30-2)9-10-20(22)21(23(26)24(27)28)14-25-13-19-4-3-11-31-19/h3-12,25H,13-15H2,1-2H3,(H,27,28). The number of thiophene rings is 1. The number of nitrogens with one attached hydrogen (secondary N) is 1. The van der Waals surface area contributed by atoms with Crippen LogP contribution < -0.4 is 14.8 Å². The van der Waals surface area contributed by atoms with Crippen LogP contribution in [0.5, 0.6) is 11.5 Å². The van der Waals surface area contributed by atoms with E-state index < -0.39 is 5.97 Å². The highest BCUT2D eigenvalue weighted by Gasteiger charge is 2.23. The van der Waals surface area contributed by atoms with E-state index in [9.17, 15) is 9.90 Å². The number of rotatable bonds is 9. The molecule has 0 saturated heterocycles. The Kier molecular flexibility index (Phi) is 6.25. The summed E-state index contributed by atoms with van der Waals surface area (Å²) in [6.45, 7) is 1.58. The molecule has 4 rings (SSSR count). The van der Waals surface area contributed by atoms with E-state index in [0.717, 1.165) is 27.8 Å². The lowest BCUT2D eigenvalue weighted by Gasteiger charge is -2.11. The summed E-state index contributed by atoms with van der Waals surface area (Å²) < 4.78 is 12.5. The maximum Gasteiger partial charge on any atom is 0.352 e. The fraction of sp³-hybridized carbons (Fsp3) is 0.208. The zero-order valence-corrected chi connectivity index (χ0v) is 18.2. The van der Waals surface area contributed by atoms with Crippen LogP contribution >= 0.6 is 11.3 Å². The molecule has 0 bridgehead atoms. The van der Waals surface area contributed by atoms with Gasteiger partial charge in [-0.05, 0) is 41.3 Å². The molecule has 2 aromatic heterocycles. The molecular formula is C24H24N2O4S. The van der Waals surface area contributed by atoms with Crippen molar-refractivity contribution in [3.8, 4) is 11.5 Å². The second-order valence-electron chi connectivity index (χ2n) is 7.13. The normalized spacial score (nSPS) is 11.0. The molecule has 0 fully saturated rings. The quantitative estimate of drug-likeness (QED) is 0.396. The van der Waals surface area contributed by atoms with Crippen molar-refractivity contribution in [1.29, 1.82) is 0 Å². The Morgan fingerprint density at radius 1 is 1.03 bits per heavy atom. The van der Waals surface area contributed by atoms with Gasteiger partial charge >= 0.3 is 5.97 Å². The Bertz CT molecular complexity index is 1180. The lowest BCUT2D eigenvalue weighted by molar-refractivity contribution is 0.0684.